The van der Waals surface area contributed by atoms with Crippen LogP contribution in [0.15, 0.2) is 59.1 Å². The molecule has 2 aromatic carbocycles. The molecule has 0 aliphatic carbocycles. The Morgan fingerprint density at radius 3 is 2.30 bits per heavy atom. The molecule has 2 aromatic rings. The minimum Gasteiger partial charge on any atom is -0.386 e. The standard InChI is InChI=1S/C16H16BrNO2/c1-11(15(19)12-5-3-2-4-6-12)18-16(20)13-7-9-14(17)10-8-13/h2-11,15,19H,1H3,(H,18,20). The van der Waals surface area contributed by atoms with Crippen molar-refractivity contribution in [2.45, 2.75) is 19.1 Å². The molecule has 2 atom stereocenters. The maximum Gasteiger partial charge on any atom is 0.251 e. The number of carbonyl (C=O) groups excluding carboxylic acids is 1. The third-order valence-corrected chi connectivity index (χ3v) is 3.61. The van der Waals surface area contributed by atoms with Crippen LogP contribution >= 0.6 is 15.9 Å². The van der Waals surface area contributed by atoms with E-state index in [0.29, 0.717) is 5.56 Å². The van der Waals surface area contributed by atoms with Crippen molar-refractivity contribution in [1.82, 2.24) is 5.32 Å². The molecule has 2 rings (SSSR count). The lowest BCUT2D eigenvalue weighted by Gasteiger charge is -2.20. The van der Waals surface area contributed by atoms with Gasteiger partial charge in [0.2, 0.25) is 0 Å². The normalized spacial score (nSPS) is 13.6. The number of carbonyl (C=O) groups is 1. The number of halogens is 1. The van der Waals surface area contributed by atoms with Crippen LogP contribution in [0.4, 0.5) is 0 Å². The fourth-order valence-corrected chi connectivity index (χ4v) is 2.17. The van der Waals surface area contributed by atoms with E-state index in [1.807, 2.05) is 42.5 Å². The van der Waals surface area contributed by atoms with Crippen molar-refractivity contribution in [1.29, 1.82) is 0 Å². The second-order valence-electron chi connectivity index (χ2n) is 4.62. The van der Waals surface area contributed by atoms with Crippen molar-refractivity contribution in [3.05, 3.63) is 70.2 Å². The highest BCUT2D eigenvalue weighted by Gasteiger charge is 2.18. The molecule has 2 N–H and O–H groups in total. The van der Waals surface area contributed by atoms with Crippen molar-refractivity contribution in [3.63, 3.8) is 0 Å². The minimum atomic E-state index is -0.726. The summed E-state index contributed by atoms with van der Waals surface area (Å²) in [6, 6.07) is 16.0. The summed E-state index contributed by atoms with van der Waals surface area (Å²) in [6.45, 7) is 1.79. The van der Waals surface area contributed by atoms with Crippen LogP contribution in [0.3, 0.4) is 0 Å². The van der Waals surface area contributed by atoms with Crippen LogP contribution < -0.4 is 5.32 Å². The van der Waals surface area contributed by atoms with Crippen molar-refractivity contribution in [2.24, 2.45) is 0 Å². The van der Waals surface area contributed by atoms with Gasteiger partial charge in [0.25, 0.3) is 5.91 Å². The zero-order valence-corrected chi connectivity index (χ0v) is 12.7. The number of benzene rings is 2. The number of rotatable bonds is 4. The van der Waals surface area contributed by atoms with Gasteiger partial charge in [-0.2, -0.15) is 0 Å². The van der Waals surface area contributed by atoms with E-state index < -0.39 is 6.10 Å². The fraction of sp³-hybridized carbons (Fsp3) is 0.188. The number of aliphatic hydroxyl groups is 1. The third-order valence-electron chi connectivity index (χ3n) is 3.08. The lowest BCUT2D eigenvalue weighted by Crippen LogP contribution is -2.37. The smallest absolute Gasteiger partial charge is 0.251 e. The van der Waals surface area contributed by atoms with Gasteiger partial charge in [0.15, 0.2) is 0 Å². The summed E-state index contributed by atoms with van der Waals surface area (Å²) in [5.41, 5.74) is 1.36. The van der Waals surface area contributed by atoms with Gasteiger partial charge >= 0.3 is 0 Å². The van der Waals surface area contributed by atoms with E-state index in [1.165, 1.54) is 0 Å². The molecule has 0 saturated heterocycles. The molecule has 1 amide bonds. The zero-order chi connectivity index (χ0) is 14.5. The van der Waals surface area contributed by atoms with Crippen molar-refractivity contribution in [2.75, 3.05) is 0 Å². The number of nitrogens with one attached hydrogen (secondary N) is 1. The molecule has 0 saturated carbocycles. The molecule has 3 nitrogen and oxygen atoms in total. The Labute approximate surface area is 126 Å². The first-order chi connectivity index (χ1) is 9.58. The van der Waals surface area contributed by atoms with E-state index in [9.17, 15) is 9.90 Å². The third kappa shape index (κ3) is 3.68. The van der Waals surface area contributed by atoms with Crippen LogP contribution in [0.2, 0.25) is 0 Å². The van der Waals surface area contributed by atoms with E-state index in [4.69, 9.17) is 0 Å². The van der Waals surface area contributed by atoms with Crippen molar-refractivity contribution < 1.29 is 9.90 Å². The van der Waals surface area contributed by atoms with Gasteiger partial charge < -0.3 is 10.4 Å². The van der Waals surface area contributed by atoms with Crippen LogP contribution in [-0.2, 0) is 0 Å². The number of aliphatic hydroxyl groups excluding tert-OH is 1. The van der Waals surface area contributed by atoms with Crippen molar-refractivity contribution >= 4 is 21.8 Å². The maximum absolute atomic E-state index is 12.1. The zero-order valence-electron chi connectivity index (χ0n) is 11.1. The highest BCUT2D eigenvalue weighted by atomic mass is 79.9. The van der Waals surface area contributed by atoms with E-state index in [-0.39, 0.29) is 11.9 Å². The molecule has 4 heteroatoms. The molecule has 0 aliphatic rings. The molecule has 0 bridgehead atoms. The highest BCUT2D eigenvalue weighted by Crippen LogP contribution is 2.17. The average Bonchev–Trinajstić information content (AvgIpc) is 2.48. The summed E-state index contributed by atoms with van der Waals surface area (Å²) < 4.78 is 0.923. The number of amides is 1. The molecule has 0 spiro atoms. The van der Waals surface area contributed by atoms with Crippen LogP contribution in [-0.4, -0.2) is 17.1 Å². The second-order valence-corrected chi connectivity index (χ2v) is 5.54. The summed E-state index contributed by atoms with van der Waals surface area (Å²) in [5, 5.41) is 13.0. The first-order valence-electron chi connectivity index (χ1n) is 6.37. The van der Waals surface area contributed by atoms with Crippen LogP contribution in [0.5, 0.6) is 0 Å². The lowest BCUT2D eigenvalue weighted by molar-refractivity contribution is 0.0852. The molecular formula is C16H16BrNO2. The molecular weight excluding hydrogens is 318 g/mol. The first kappa shape index (κ1) is 14.8. The maximum atomic E-state index is 12.1. The topological polar surface area (TPSA) is 49.3 Å². The molecule has 0 aromatic heterocycles. The summed E-state index contributed by atoms with van der Waals surface area (Å²) in [6.07, 6.45) is -0.726. The molecule has 2 unspecified atom stereocenters. The Bertz CT molecular complexity index is 569. The Balaban J connectivity index is 2.02. The number of hydrogen-bond donors (Lipinski definition) is 2. The van der Waals surface area contributed by atoms with Gasteiger partial charge in [-0.05, 0) is 36.8 Å². The number of hydrogen-bond acceptors (Lipinski definition) is 2. The van der Waals surface area contributed by atoms with Gasteiger partial charge in [-0.3, -0.25) is 4.79 Å². The fourth-order valence-electron chi connectivity index (χ4n) is 1.91. The average molecular weight is 334 g/mol. The SMILES string of the molecule is CC(NC(=O)c1ccc(Br)cc1)C(O)c1ccccc1. The second kappa shape index (κ2) is 6.68. The summed E-state index contributed by atoms with van der Waals surface area (Å²) >= 11 is 3.33. The molecule has 104 valence electrons. The Kier molecular flexibility index (Phi) is 4.93. The molecule has 0 aliphatic heterocycles. The van der Waals surface area contributed by atoms with E-state index in [2.05, 4.69) is 21.2 Å². The van der Waals surface area contributed by atoms with Gasteiger partial charge in [-0.1, -0.05) is 46.3 Å². The summed E-state index contributed by atoms with van der Waals surface area (Å²) in [4.78, 5) is 12.1. The van der Waals surface area contributed by atoms with Crippen LogP contribution in [0.25, 0.3) is 0 Å². The quantitative estimate of drug-likeness (QED) is 0.901. The molecule has 0 heterocycles. The van der Waals surface area contributed by atoms with Gasteiger partial charge in [0.1, 0.15) is 0 Å². The van der Waals surface area contributed by atoms with Gasteiger partial charge in [-0.15, -0.1) is 0 Å². The monoisotopic (exact) mass is 333 g/mol. The summed E-state index contributed by atoms with van der Waals surface area (Å²) in [7, 11) is 0. The van der Waals surface area contributed by atoms with Gasteiger partial charge in [0.05, 0.1) is 12.1 Å². The van der Waals surface area contributed by atoms with E-state index in [0.717, 1.165) is 10.0 Å². The van der Waals surface area contributed by atoms with Crippen molar-refractivity contribution in [3.8, 4) is 0 Å². The molecule has 0 fully saturated rings. The van der Waals surface area contributed by atoms with Crippen LogP contribution in [0.1, 0.15) is 28.9 Å². The van der Waals surface area contributed by atoms with E-state index in [1.54, 1.807) is 19.1 Å². The Morgan fingerprint density at radius 1 is 1.10 bits per heavy atom. The Hall–Kier alpha value is -1.65. The first-order valence-corrected chi connectivity index (χ1v) is 7.16. The predicted octanol–water partition coefficient (Wildman–Crippen LogP) is 3.30. The largest absolute Gasteiger partial charge is 0.386 e. The lowest BCUT2D eigenvalue weighted by atomic mass is 10.0. The predicted molar refractivity (Wildman–Crippen MR) is 82.5 cm³/mol. The Morgan fingerprint density at radius 2 is 1.70 bits per heavy atom. The van der Waals surface area contributed by atoms with Crippen LogP contribution in [0, 0.1) is 0 Å². The van der Waals surface area contributed by atoms with E-state index >= 15 is 0 Å². The minimum absolute atomic E-state index is 0.194. The summed E-state index contributed by atoms with van der Waals surface area (Å²) in [5.74, 6) is -0.194. The molecule has 0 radical (unpaired) electrons. The molecule has 20 heavy (non-hydrogen) atoms. The van der Waals surface area contributed by atoms with Gasteiger partial charge in [0, 0.05) is 10.0 Å². The highest BCUT2D eigenvalue weighted by molar-refractivity contribution is 9.10. The van der Waals surface area contributed by atoms with Gasteiger partial charge in [-0.25, -0.2) is 0 Å².